The molecule has 0 aliphatic carbocycles. The highest BCUT2D eigenvalue weighted by molar-refractivity contribution is 7.80. The van der Waals surface area contributed by atoms with Crippen molar-refractivity contribution in [2.75, 3.05) is 20.8 Å². The molecular weight excluding hydrogens is 336 g/mol. The summed E-state index contributed by atoms with van der Waals surface area (Å²) in [6.07, 6.45) is -0.690. The van der Waals surface area contributed by atoms with Gasteiger partial charge in [0.05, 0.1) is 20.8 Å². The van der Waals surface area contributed by atoms with E-state index in [-0.39, 0.29) is 0 Å². The number of nitrogens with one attached hydrogen (secondary N) is 1. The van der Waals surface area contributed by atoms with Crippen LogP contribution in [0.1, 0.15) is 22.8 Å². The molecule has 3 rings (SSSR count). The maximum atomic E-state index is 10.6. The van der Waals surface area contributed by atoms with Crippen molar-refractivity contribution in [3.05, 3.63) is 59.2 Å². The lowest BCUT2D eigenvalue weighted by Crippen LogP contribution is -2.44. The molecule has 0 spiro atoms. The van der Waals surface area contributed by atoms with Gasteiger partial charge in [0.15, 0.2) is 5.11 Å². The van der Waals surface area contributed by atoms with Crippen molar-refractivity contribution in [2.24, 2.45) is 0 Å². The van der Waals surface area contributed by atoms with Crippen LogP contribution < -0.4 is 14.8 Å². The Morgan fingerprint density at radius 2 is 1.84 bits per heavy atom. The first kappa shape index (κ1) is 17.5. The third kappa shape index (κ3) is 3.70. The Kier molecular flexibility index (Phi) is 5.40. The maximum Gasteiger partial charge on any atom is 0.169 e. The average molecular weight is 358 g/mol. The summed E-state index contributed by atoms with van der Waals surface area (Å²) in [7, 11) is 3.23. The van der Waals surface area contributed by atoms with Crippen molar-refractivity contribution in [1.29, 1.82) is 0 Å². The highest BCUT2D eigenvalue weighted by atomic mass is 32.1. The Labute approximate surface area is 153 Å². The van der Waals surface area contributed by atoms with Gasteiger partial charge in [0.25, 0.3) is 0 Å². The summed E-state index contributed by atoms with van der Waals surface area (Å²) in [6.45, 7) is 1.62. The molecule has 2 aromatic rings. The zero-order valence-electron chi connectivity index (χ0n) is 14.4. The van der Waals surface area contributed by atoms with Crippen LogP contribution >= 0.6 is 12.2 Å². The molecule has 1 aliphatic heterocycles. The largest absolute Gasteiger partial charge is 0.496 e. The van der Waals surface area contributed by atoms with Gasteiger partial charge in [0.1, 0.15) is 17.6 Å². The number of methoxy groups -OCH3 is 2. The van der Waals surface area contributed by atoms with E-state index in [9.17, 15) is 5.11 Å². The van der Waals surface area contributed by atoms with Crippen LogP contribution in [0.4, 0.5) is 0 Å². The third-order valence-corrected chi connectivity index (χ3v) is 4.77. The van der Waals surface area contributed by atoms with E-state index < -0.39 is 6.10 Å². The number of aliphatic hydroxyl groups is 1. The summed E-state index contributed by atoms with van der Waals surface area (Å²) >= 11 is 5.53. The van der Waals surface area contributed by atoms with Crippen molar-refractivity contribution >= 4 is 17.3 Å². The zero-order valence-corrected chi connectivity index (χ0v) is 15.2. The maximum absolute atomic E-state index is 10.6. The van der Waals surface area contributed by atoms with Crippen LogP contribution in [0.5, 0.6) is 11.5 Å². The van der Waals surface area contributed by atoms with Crippen molar-refractivity contribution in [2.45, 2.75) is 19.2 Å². The van der Waals surface area contributed by atoms with Gasteiger partial charge in [-0.1, -0.05) is 30.3 Å². The van der Waals surface area contributed by atoms with E-state index in [2.05, 4.69) is 5.32 Å². The number of nitrogens with zero attached hydrogens (tertiary/aromatic N) is 1. The summed E-state index contributed by atoms with van der Waals surface area (Å²) in [6, 6.07) is 13.8. The first-order chi connectivity index (χ1) is 12.1. The molecule has 2 aromatic carbocycles. The molecule has 25 heavy (non-hydrogen) atoms. The van der Waals surface area contributed by atoms with Crippen molar-refractivity contribution in [1.82, 2.24) is 10.2 Å². The lowest BCUT2D eigenvalue weighted by Gasteiger charge is -2.35. The van der Waals surface area contributed by atoms with Crippen LogP contribution in [0, 0.1) is 0 Å². The standard InChI is InChI=1S/C19H22N2O3S/c1-23-16-8-9-17(24-2)18-14(16)11-21(12-15(18)22)19(25)20-10-13-6-4-3-5-7-13/h3-9,15,22H,10-12H2,1-2H3,(H,20,25)/t15-/m1/s1. The Bertz CT molecular complexity index is 752. The predicted octanol–water partition coefficient (Wildman–Crippen LogP) is 2.63. The fraction of sp³-hybridized carbons (Fsp3) is 0.316. The molecule has 0 saturated carbocycles. The van der Waals surface area contributed by atoms with Crippen molar-refractivity contribution in [3.8, 4) is 11.5 Å². The lowest BCUT2D eigenvalue weighted by molar-refractivity contribution is 0.122. The highest BCUT2D eigenvalue weighted by Gasteiger charge is 2.30. The van der Waals surface area contributed by atoms with Gasteiger partial charge in [-0.15, -0.1) is 0 Å². The molecule has 132 valence electrons. The van der Waals surface area contributed by atoms with E-state index in [0.29, 0.717) is 30.5 Å². The average Bonchev–Trinajstić information content (AvgIpc) is 2.65. The second kappa shape index (κ2) is 7.72. The third-order valence-electron chi connectivity index (χ3n) is 4.36. The van der Waals surface area contributed by atoms with E-state index in [0.717, 1.165) is 22.4 Å². The molecule has 0 saturated heterocycles. The number of hydrogen-bond donors (Lipinski definition) is 2. The fourth-order valence-electron chi connectivity index (χ4n) is 3.12. The Hall–Kier alpha value is -2.31. The number of thiocarbonyl (C=S) groups is 1. The van der Waals surface area contributed by atoms with Gasteiger partial charge in [-0.3, -0.25) is 0 Å². The number of rotatable bonds is 4. The van der Waals surface area contributed by atoms with Crippen LogP contribution in [0.15, 0.2) is 42.5 Å². The van der Waals surface area contributed by atoms with E-state index in [1.165, 1.54) is 0 Å². The van der Waals surface area contributed by atoms with Crippen LogP contribution in [-0.4, -0.2) is 35.9 Å². The van der Waals surface area contributed by atoms with Gasteiger partial charge in [0, 0.05) is 24.2 Å². The number of ether oxygens (including phenoxy) is 2. The molecule has 0 unspecified atom stereocenters. The first-order valence-electron chi connectivity index (χ1n) is 8.12. The lowest BCUT2D eigenvalue weighted by atomic mass is 9.95. The Morgan fingerprint density at radius 3 is 2.52 bits per heavy atom. The molecule has 5 nitrogen and oxygen atoms in total. The SMILES string of the molecule is COc1ccc(OC)c2c1CN(C(=S)NCc1ccccc1)C[C@H]2O. The molecule has 6 heteroatoms. The number of hydrogen-bond acceptors (Lipinski definition) is 4. The van der Waals surface area contributed by atoms with E-state index in [1.54, 1.807) is 14.2 Å². The molecule has 1 aliphatic rings. The van der Waals surface area contributed by atoms with Crippen LogP contribution in [-0.2, 0) is 13.1 Å². The van der Waals surface area contributed by atoms with Gasteiger partial charge < -0.3 is 24.8 Å². The first-order valence-corrected chi connectivity index (χ1v) is 8.53. The van der Waals surface area contributed by atoms with Gasteiger partial charge in [-0.05, 0) is 29.9 Å². The summed E-state index contributed by atoms with van der Waals surface area (Å²) < 4.78 is 10.9. The van der Waals surface area contributed by atoms with E-state index in [1.807, 2.05) is 47.4 Å². The predicted molar refractivity (Wildman–Crippen MR) is 101 cm³/mol. The minimum Gasteiger partial charge on any atom is -0.496 e. The Morgan fingerprint density at radius 1 is 1.16 bits per heavy atom. The van der Waals surface area contributed by atoms with E-state index in [4.69, 9.17) is 21.7 Å². The molecule has 0 amide bonds. The van der Waals surface area contributed by atoms with Crippen LogP contribution in [0.2, 0.25) is 0 Å². The van der Waals surface area contributed by atoms with E-state index >= 15 is 0 Å². The number of β-amino-alcohol motifs (C(OH)–C–C–N with tert-alkyl or cyclic N) is 1. The summed E-state index contributed by atoms with van der Waals surface area (Å²) in [5.74, 6) is 1.40. The minimum atomic E-state index is -0.690. The topological polar surface area (TPSA) is 54.0 Å². The summed E-state index contributed by atoms with van der Waals surface area (Å²) in [5, 5.41) is 14.5. The van der Waals surface area contributed by atoms with Crippen molar-refractivity contribution in [3.63, 3.8) is 0 Å². The second-order valence-electron chi connectivity index (χ2n) is 5.90. The molecule has 2 N–H and O–H groups in total. The number of benzene rings is 2. The number of aliphatic hydroxyl groups excluding tert-OH is 1. The minimum absolute atomic E-state index is 0.414. The van der Waals surface area contributed by atoms with Crippen LogP contribution in [0.25, 0.3) is 0 Å². The molecule has 0 bridgehead atoms. The van der Waals surface area contributed by atoms with Crippen LogP contribution in [0.3, 0.4) is 0 Å². The number of fused-ring (bicyclic) bond motifs is 1. The monoisotopic (exact) mass is 358 g/mol. The molecule has 0 aromatic heterocycles. The molecule has 0 radical (unpaired) electrons. The molecule has 0 fully saturated rings. The van der Waals surface area contributed by atoms with Gasteiger partial charge >= 0.3 is 0 Å². The van der Waals surface area contributed by atoms with Gasteiger partial charge in [-0.25, -0.2) is 0 Å². The molecule has 1 heterocycles. The molecular formula is C19H22N2O3S. The molecule has 1 atom stereocenters. The quantitative estimate of drug-likeness (QED) is 0.820. The summed E-state index contributed by atoms with van der Waals surface area (Å²) in [5.41, 5.74) is 2.84. The summed E-state index contributed by atoms with van der Waals surface area (Å²) in [4.78, 5) is 1.95. The zero-order chi connectivity index (χ0) is 17.8. The second-order valence-corrected chi connectivity index (χ2v) is 6.29. The highest BCUT2D eigenvalue weighted by Crippen LogP contribution is 2.39. The normalized spacial score (nSPS) is 16.1. The Balaban J connectivity index is 1.77. The van der Waals surface area contributed by atoms with Crippen molar-refractivity contribution < 1.29 is 14.6 Å². The van der Waals surface area contributed by atoms with Gasteiger partial charge in [-0.2, -0.15) is 0 Å². The smallest absolute Gasteiger partial charge is 0.169 e. The van der Waals surface area contributed by atoms with Gasteiger partial charge in [0.2, 0.25) is 0 Å². The fourth-order valence-corrected chi connectivity index (χ4v) is 3.33.